The lowest BCUT2D eigenvalue weighted by molar-refractivity contribution is -0.119. The lowest BCUT2D eigenvalue weighted by atomic mass is 10.0. The van der Waals surface area contributed by atoms with Crippen LogP contribution in [0.15, 0.2) is 90.4 Å². The number of ether oxygens (including phenoxy) is 5. The summed E-state index contributed by atoms with van der Waals surface area (Å²) in [6.45, 7) is 34.6. The van der Waals surface area contributed by atoms with Gasteiger partial charge in [0.25, 0.3) is 28.1 Å². The van der Waals surface area contributed by atoms with Crippen molar-refractivity contribution < 1.29 is 79.5 Å². The van der Waals surface area contributed by atoms with Crippen LogP contribution in [0.25, 0.3) is 0 Å². The van der Waals surface area contributed by atoms with E-state index in [0.29, 0.717) is 79.8 Å². The van der Waals surface area contributed by atoms with E-state index >= 15 is 0 Å². The van der Waals surface area contributed by atoms with E-state index in [1.165, 1.54) is 43.3 Å². The molecule has 0 aliphatic carbocycles. The lowest BCUT2D eigenvalue weighted by Crippen LogP contribution is -2.47. The van der Waals surface area contributed by atoms with Gasteiger partial charge in [0.2, 0.25) is 0 Å². The zero-order valence-electron chi connectivity index (χ0n) is 76.2. The van der Waals surface area contributed by atoms with Crippen LogP contribution in [-0.2, 0) is 54.8 Å². The van der Waals surface area contributed by atoms with Crippen molar-refractivity contribution in [1.29, 1.82) is 0 Å². The van der Waals surface area contributed by atoms with E-state index in [4.69, 9.17) is 48.1 Å². The largest absolute Gasteiger partial charge is 0.388 e. The van der Waals surface area contributed by atoms with Crippen LogP contribution >= 0.6 is 58.9 Å². The quantitative estimate of drug-likeness (QED) is 0.0175. The fourth-order valence-corrected chi connectivity index (χ4v) is 19.6. The van der Waals surface area contributed by atoms with Crippen molar-refractivity contribution in [3.63, 3.8) is 0 Å². The minimum Gasteiger partial charge on any atom is -0.388 e. The Balaban J connectivity index is 0.000000245. The van der Waals surface area contributed by atoms with E-state index in [2.05, 4.69) is 158 Å². The molecular formula is C84H145N14O22P5S2. The van der Waals surface area contributed by atoms with Crippen molar-refractivity contribution in [2.75, 3.05) is 124 Å². The zero-order valence-corrected chi connectivity index (χ0v) is 82.3. The van der Waals surface area contributed by atoms with Gasteiger partial charge in [0.15, 0.2) is 34.5 Å². The van der Waals surface area contributed by atoms with Crippen LogP contribution in [0.4, 0.5) is 0 Å². The van der Waals surface area contributed by atoms with Crippen molar-refractivity contribution in [2.45, 2.75) is 234 Å². The molecule has 0 aromatic carbocycles. The maximum absolute atomic E-state index is 12.2. The Bertz CT molecular complexity index is 4600. The predicted molar refractivity (Wildman–Crippen MR) is 521 cm³/mol. The second-order valence-corrected chi connectivity index (χ2v) is 58.9. The number of H-pyrrole nitrogens is 4. The number of nitrogens with zero attached hydrogens (tertiary/aromatic N) is 5. The third-order valence-electron chi connectivity index (χ3n) is 21.6. The second kappa shape index (κ2) is 49.7. The van der Waals surface area contributed by atoms with Gasteiger partial charge in [-0.3, -0.25) is 67.5 Å². The summed E-state index contributed by atoms with van der Waals surface area (Å²) in [6, 6.07) is 0. The Morgan fingerprint density at radius 2 is 0.717 bits per heavy atom. The van der Waals surface area contributed by atoms with Crippen molar-refractivity contribution in [2.24, 2.45) is 0 Å². The van der Waals surface area contributed by atoms with Crippen LogP contribution in [0, 0.1) is 9.54 Å². The SMILES string of the molecule is C=CC1=CN([C@@H]2O[C@H](CCP(=C)(C)C)[C@@H](O)[C@H]2O)C(=C)NC1=O.C=P(C)(C)CC[C@H]1O[C@@H](c2cn(CNCCC)c(=O)[nH]c2=O)[C@H](O)[C@@H]1O.C=P(C)(C)CC[C@H]1O[C@@H](n2cc(CNCCC)c(=O)[nH]c2=O)[C@H](O)[C@@H]1O.C=P(C)(C)CC[C@H]1O[C@@H](n2cc(CNCCC)c(=O)[nH]c2=S)[C@H](O)[C@@H]1O.C=P(C)(C)CC[C@H]1O[C@@H](n2cc(CNCCC)c(=O)[nH]c2=S)[C@H](O)[C@@H]1O. The molecule has 5 saturated heterocycles. The summed E-state index contributed by atoms with van der Waals surface area (Å²) in [4.78, 5) is 95.5. The van der Waals surface area contributed by atoms with Crippen LogP contribution in [0.2, 0.25) is 0 Å². The Labute approximate surface area is 755 Å². The second-order valence-electron chi connectivity index (χ2n) is 36.6. The maximum Gasteiger partial charge on any atom is 0.330 e. The van der Waals surface area contributed by atoms with Gasteiger partial charge in [-0.15, -0.1) is 65.9 Å². The highest BCUT2D eigenvalue weighted by molar-refractivity contribution is 7.73. The molecule has 720 valence electrons. The third kappa shape index (κ3) is 33.1. The lowest BCUT2D eigenvalue weighted by Gasteiger charge is -2.34. The van der Waals surface area contributed by atoms with Crippen LogP contribution in [-0.4, -0.2) is 353 Å². The van der Waals surface area contributed by atoms with Crippen LogP contribution in [0.5, 0.6) is 0 Å². The maximum atomic E-state index is 12.2. The molecule has 4 aromatic heterocycles. The van der Waals surface area contributed by atoms with E-state index in [1.807, 2.05) is 27.7 Å². The number of hydrogen-bond donors (Lipinski definition) is 19. The topological polar surface area (TPSA) is 514 Å². The fraction of sp³-hybridized carbons (Fsp3) is 0.667. The Kier molecular flexibility index (Phi) is 43.2. The van der Waals surface area contributed by atoms with Crippen molar-refractivity contribution >= 4 is 96.3 Å². The summed E-state index contributed by atoms with van der Waals surface area (Å²) in [5.74, 6) is -0.0167. The van der Waals surface area contributed by atoms with Crippen molar-refractivity contribution in [3.8, 4) is 0 Å². The number of carbonyl (C=O) groups excluding carboxylic acids is 1. The molecule has 0 spiro atoms. The van der Waals surface area contributed by atoms with Crippen LogP contribution in [0.3, 0.4) is 0 Å². The van der Waals surface area contributed by atoms with Gasteiger partial charge in [0.1, 0.15) is 73.0 Å². The van der Waals surface area contributed by atoms with Gasteiger partial charge in [-0.2, -0.15) is 0 Å². The molecule has 0 radical (unpaired) electrons. The van der Waals surface area contributed by atoms with E-state index < -0.39 is 180 Å². The number of aliphatic hydroxyl groups excluding tert-OH is 10. The summed E-state index contributed by atoms with van der Waals surface area (Å²) in [6.07, 6.45) is 22.7. The molecule has 0 bridgehead atoms. The highest BCUT2D eigenvalue weighted by Gasteiger charge is 2.50. The highest BCUT2D eigenvalue weighted by Crippen LogP contribution is 2.45. The summed E-state index contributed by atoms with van der Waals surface area (Å²) < 4.78 is 35.1. The predicted octanol–water partition coefficient (Wildman–Crippen LogP) is 2.26. The molecule has 1 amide bonds. The van der Waals surface area contributed by atoms with Gasteiger partial charge in [0.05, 0.1) is 48.3 Å². The normalized spacial score (nSPS) is 27.3. The van der Waals surface area contributed by atoms with Crippen molar-refractivity contribution in [1.82, 2.24) is 69.7 Å². The molecule has 36 nitrogen and oxygen atoms in total. The van der Waals surface area contributed by atoms with Crippen LogP contribution < -0.4 is 60.2 Å². The summed E-state index contributed by atoms with van der Waals surface area (Å²) in [5.41, 5.74) is -0.936. The molecule has 19 N–H and O–H groups in total. The molecular weight excluding hydrogens is 1780 g/mol. The monoisotopic (exact) mass is 1920 g/mol. The molecule has 43 heteroatoms. The Morgan fingerprint density at radius 1 is 0.409 bits per heavy atom. The summed E-state index contributed by atoms with van der Waals surface area (Å²) in [5, 5.41) is 119. The van der Waals surface area contributed by atoms with Gasteiger partial charge in [0, 0.05) is 67.3 Å². The van der Waals surface area contributed by atoms with E-state index in [0.717, 1.165) is 87.2 Å². The highest BCUT2D eigenvalue weighted by atomic mass is 32.1. The number of hydrogen-bond acceptors (Lipinski definition) is 29. The molecule has 5 fully saturated rings. The van der Waals surface area contributed by atoms with Gasteiger partial charge in [-0.25, -0.2) is 9.59 Å². The van der Waals surface area contributed by atoms with E-state index in [1.54, 1.807) is 12.4 Å². The third-order valence-corrected chi connectivity index (χ3v) is 29.6. The number of rotatable bonds is 37. The summed E-state index contributed by atoms with van der Waals surface area (Å²) in [7, 11) is 0. The number of aromatic nitrogens is 8. The fourth-order valence-electron chi connectivity index (χ4n) is 14.3. The molecule has 0 saturated carbocycles. The standard InChI is InChI=1S/2C17H30N3O5P.2C17H30N3O4PS.C16H25N2O4P/c1-5-7-18-10-20-9-11(16(23)19-17(20)24)15-14(22)13(21)12(25-15)6-8-26(2,3)4;1-5-7-18-9-11-10-20(17(24)19-15(11)23)16-14(22)13(21)12(25-16)6-8-26(2,3)4;2*1-5-7-18-9-11-10-20(17(26)19-15(11)23)16-14(22)13(21)12(24-16)6-8-25(2,3)4;1-6-11-9-18(10(2)17-15(11)21)16-14(20)13(19)12(22-16)7-8-23(3,4)5/h9,12-15,18,21-22H,2,5-8,10H2,1,3-4H3,(H,19,23,24);10,12-14,16,18,21-22H,2,5-9H2,1,3-4H3,(H,19,23,24);2*10,12-14,16,18,21-22H,2,5-9H2,1,3-4H3,(H,19,23,26);6,9,12-14,16,19-20H,1-3,7-8H2,4-5H3,(H,17,21)/t12-,13-,14-,15+;4*12-,13-,14-,16-/m11111/s1. The first-order chi connectivity index (χ1) is 59.2. The molecule has 6 aliphatic rings. The molecule has 20 atom stereocenters. The molecule has 4 aromatic rings. The number of aromatic amines is 4. The zero-order chi connectivity index (χ0) is 95.3. The molecule has 0 unspecified atom stereocenters. The van der Waals surface area contributed by atoms with Crippen LogP contribution in [0.1, 0.15) is 133 Å². The van der Waals surface area contributed by atoms with E-state index in [9.17, 15) is 84.6 Å². The Hall–Kier alpha value is -5.21. The number of amides is 1. The van der Waals surface area contributed by atoms with Gasteiger partial charge in [-0.05, 0) is 206 Å². The Morgan fingerprint density at radius 3 is 1.07 bits per heavy atom. The number of nitrogens with one attached hydrogen (secondary N) is 9. The van der Waals surface area contributed by atoms with Gasteiger partial charge < -0.3 is 101 Å². The first kappa shape index (κ1) is 111. The minimum atomic E-state index is -1.29. The minimum absolute atomic E-state index is 0.139. The first-order valence-electron chi connectivity index (χ1n) is 43.0. The van der Waals surface area contributed by atoms with Gasteiger partial charge in [-0.1, -0.05) is 46.9 Å². The molecule has 10 heterocycles. The number of carbonyl (C=O) groups is 1. The molecule has 127 heavy (non-hydrogen) atoms. The average molecular weight is 1920 g/mol. The van der Waals surface area contributed by atoms with Crippen molar-refractivity contribution in [3.05, 3.63) is 156 Å². The van der Waals surface area contributed by atoms with E-state index in [-0.39, 0.29) is 38.8 Å². The number of aliphatic hydroxyl groups is 10. The summed E-state index contributed by atoms with van der Waals surface area (Å²) >= 11 is 10.5. The first-order valence-corrected chi connectivity index (χ1v) is 59.0. The van der Waals surface area contributed by atoms with Gasteiger partial charge >= 0.3 is 11.4 Å². The smallest absolute Gasteiger partial charge is 0.330 e. The average Bonchev–Trinajstić information content (AvgIpc) is 1.69. The molecule has 10 rings (SSSR count). The molecule has 6 aliphatic heterocycles.